The van der Waals surface area contributed by atoms with Crippen molar-refractivity contribution in [3.63, 3.8) is 0 Å². The van der Waals surface area contributed by atoms with Crippen molar-refractivity contribution in [2.24, 2.45) is 0 Å². The van der Waals surface area contributed by atoms with Gasteiger partial charge in [0.1, 0.15) is 6.61 Å². The lowest BCUT2D eigenvalue weighted by molar-refractivity contribution is 0.0536. The van der Waals surface area contributed by atoms with Crippen LogP contribution in [-0.4, -0.2) is 50.1 Å². The number of nitrogens with zero attached hydrogens (tertiary/aromatic N) is 2. The molecule has 0 radical (unpaired) electrons. The molecule has 0 fully saturated rings. The fourth-order valence-corrected chi connectivity index (χ4v) is 1.38. The molecular formula is C13H23N3O3. The van der Waals surface area contributed by atoms with E-state index in [1.807, 2.05) is 0 Å². The Balaban J connectivity index is 2.20. The van der Waals surface area contributed by atoms with E-state index in [0.717, 1.165) is 18.7 Å². The van der Waals surface area contributed by atoms with E-state index in [9.17, 15) is 0 Å². The van der Waals surface area contributed by atoms with E-state index in [1.165, 1.54) is 0 Å². The molecule has 0 atom stereocenters. The number of aromatic nitrogens is 2. The minimum atomic E-state index is 0.463. The topological polar surface area (TPSA) is 65.5 Å². The second-order valence-corrected chi connectivity index (χ2v) is 3.98. The van der Waals surface area contributed by atoms with Crippen LogP contribution in [0.3, 0.4) is 0 Å². The molecule has 1 heterocycles. The molecular weight excluding hydrogens is 246 g/mol. The van der Waals surface area contributed by atoms with E-state index in [2.05, 4.69) is 22.2 Å². The third-order valence-corrected chi connectivity index (χ3v) is 2.30. The Morgan fingerprint density at radius 1 is 1.16 bits per heavy atom. The highest BCUT2D eigenvalue weighted by molar-refractivity contribution is 5.08. The van der Waals surface area contributed by atoms with Gasteiger partial charge in [-0.1, -0.05) is 6.92 Å². The minimum Gasteiger partial charge on any atom is -0.474 e. The molecule has 0 bridgehead atoms. The Labute approximate surface area is 114 Å². The first kappa shape index (κ1) is 15.8. The highest BCUT2D eigenvalue weighted by Gasteiger charge is 1.99. The lowest BCUT2D eigenvalue weighted by Gasteiger charge is -2.07. The average molecular weight is 269 g/mol. The van der Waals surface area contributed by atoms with Gasteiger partial charge in [0, 0.05) is 19.9 Å². The molecule has 0 aromatic carbocycles. The van der Waals surface area contributed by atoms with Crippen molar-refractivity contribution in [1.82, 2.24) is 15.3 Å². The van der Waals surface area contributed by atoms with Gasteiger partial charge in [-0.25, -0.2) is 4.98 Å². The van der Waals surface area contributed by atoms with Gasteiger partial charge in [-0.05, 0) is 13.0 Å². The van der Waals surface area contributed by atoms with Crippen LogP contribution in [0.15, 0.2) is 12.4 Å². The third kappa shape index (κ3) is 7.71. The van der Waals surface area contributed by atoms with Crippen molar-refractivity contribution in [3.05, 3.63) is 18.1 Å². The monoisotopic (exact) mass is 269 g/mol. The second-order valence-electron chi connectivity index (χ2n) is 3.98. The van der Waals surface area contributed by atoms with Crippen molar-refractivity contribution in [3.8, 4) is 5.88 Å². The van der Waals surface area contributed by atoms with Crippen LogP contribution >= 0.6 is 0 Å². The molecule has 1 rings (SSSR count). The van der Waals surface area contributed by atoms with E-state index in [0.29, 0.717) is 38.9 Å². The number of rotatable bonds is 11. The van der Waals surface area contributed by atoms with Crippen LogP contribution in [0.2, 0.25) is 0 Å². The van der Waals surface area contributed by atoms with E-state index in [1.54, 1.807) is 19.5 Å². The van der Waals surface area contributed by atoms with E-state index in [-0.39, 0.29) is 0 Å². The molecule has 0 aliphatic rings. The summed E-state index contributed by atoms with van der Waals surface area (Å²) in [6.45, 7) is 5.96. The summed E-state index contributed by atoms with van der Waals surface area (Å²) in [4.78, 5) is 8.45. The summed E-state index contributed by atoms with van der Waals surface area (Å²) < 4.78 is 15.6. The highest BCUT2D eigenvalue weighted by Crippen LogP contribution is 2.04. The minimum absolute atomic E-state index is 0.463. The van der Waals surface area contributed by atoms with Crippen LogP contribution in [0, 0.1) is 0 Å². The largest absolute Gasteiger partial charge is 0.474 e. The summed E-state index contributed by atoms with van der Waals surface area (Å²) in [6, 6.07) is 0. The first-order valence-electron chi connectivity index (χ1n) is 6.58. The maximum Gasteiger partial charge on any atom is 0.232 e. The summed E-state index contributed by atoms with van der Waals surface area (Å²) in [5.41, 5.74) is 0.881. The van der Waals surface area contributed by atoms with Crippen LogP contribution in [0.1, 0.15) is 19.0 Å². The zero-order valence-electron chi connectivity index (χ0n) is 11.7. The molecule has 1 aromatic rings. The Morgan fingerprint density at radius 3 is 2.79 bits per heavy atom. The summed E-state index contributed by atoms with van der Waals surface area (Å²) in [5, 5.41) is 3.27. The van der Waals surface area contributed by atoms with Gasteiger partial charge in [-0.2, -0.15) is 0 Å². The van der Waals surface area contributed by atoms with Crippen LogP contribution in [0.25, 0.3) is 0 Å². The molecule has 108 valence electrons. The van der Waals surface area contributed by atoms with Crippen molar-refractivity contribution in [2.45, 2.75) is 19.9 Å². The Bertz CT molecular complexity index is 337. The van der Waals surface area contributed by atoms with E-state index >= 15 is 0 Å². The lowest BCUT2D eigenvalue weighted by atomic mass is 10.4. The fraction of sp³-hybridized carbons (Fsp3) is 0.692. The Morgan fingerprint density at radius 2 is 2.00 bits per heavy atom. The summed E-state index contributed by atoms with van der Waals surface area (Å²) in [6.07, 6.45) is 4.45. The van der Waals surface area contributed by atoms with Gasteiger partial charge >= 0.3 is 0 Å². The number of methoxy groups -OCH3 is 1. The molecule has 0 aliphatic heterocycles. The molecule has 0 aliphatic carbocycles. The Kier molecular flexibility index (Phi) is 8.87. The highest BCUT2D eigenvalue weighted by atomic mass is 16.5. The zero-order valence-corrected chi connectivity index (χ0v) is 11.7. The van der Waals surface area contributed by atoms with Crippen LogP contribution < -0.4 is 10.1 Å². The molecule has 1 N–H and O–H groups in total. The predicted octanol–water partition coefficient (Wildman–Crippen LogP) is 1.02. The summed E-state index contributed by atoms with van der Waals surface area (Å²) >= 11 is 0. The SMILES string of the molecule is CCCNCc1cncc(OCCOCCOC)n1. The molecule has 0 unspecified atom stereocenters. The molecule has 0 saturated heterocycles. The van der Waals surface area contributed by atoms with Crippen molar-refractivity contribution < 1.29 is 14.2 Å². The van der Waals surface area contributed by atoms with Gasteiger partial charge in [0.15, 0.2) is 0 Å². The number of nitrogens with one attached hydrogen (secondary N) is 1. The first-order chi connectivity index (χ1) is 9.36. The molecule has 0 amide bonds. The molecule has 19 heavy (non-hydrogen) atoms. The number of ether oxygens (including phenoxy) is 3. The Hall–Kier alpha value is -1.24. The van der Waals surface area contributed by atoms with Gasteiger partial charge in [0.25, 0.3) is 0 Å². The molecule has 1 aromatic heterocycles. The van der Waals surface area contributed by atoms with Crippen molar-refractivity contribution >= 4 is 0 Å². The zero-order chi connectivity index (χ0) is 13.8. The summed E-state index contributed by atoms with van der Waals surface area (Å²) in [7, 11) is 1.65. The number of hydrogen-bond donors (Lipinski definition) is 1. The standard InChI is InChI=1S/C13H23N3O3/c1-3-4-14-9-12-10-15-11-13(16-12)19-8-7-18-6-5-17-2/h10-11,14H,3-9H2,1-2H3. The molecule has 0 saturated carbocycles. The normalized spacial score (nSPS) is 10.6. The van der Waals surface area contributed by atoms with Gasteiger partial charge in [0.05, 0.1) is 31.7 Å². The van der Waals surface area contributed by atoms with Gasteiger partial charge < -0.3 is 19.5 Å². The van der Waals surface area contributed by atoms with Gasteiger partial charge in [0.2, 0.25) is 5.88 Å². The quantitative estimate of drug-likeness (QED) is 0.605. The second kappa shape index (κ2) is 10.7. The molecule has 6 heteroatoms. The summed E-state index contributed by atoms with van der Waals surface area (Å²) in [5.74, 6) is 0.533. The first-order valence-corrected chi connectivity index (χ1v) is 6.58. The van der Waals surface area contributed by atoms with Crippen molar-refractivity contribution in [1.29, 1.82) is 0 Å². The van der Waals surface area contributed by atoms with Gasteiger partial charge in [-0.15, -0.1) is 0 Å². The lowest BCUT2D eigenvalue weighted by Crippen LogP contribution is -2.15. The van der Waals surface area contributed by atoms with Crippen molar-refractivity contribution in [2.75, 3.05) is 40.1 Å². The molecule has 6 nitrogen and oxygen atoms in total. The predicted molar refractivity (Wildman–Crippen MR) is 72.2 cm³/mol. The van der Waals surface area contributed by atoms with E-state index < -0.39 is 0 Å². The van der Waals surface area contributed by atoms with Crippen LogP contribution in [0.4, 0.5) is 0 Å². The van der Waals surface area contributed by atoms with E-state index in [4.69, 9.17) is 14.2 Å². The fourth-order valence-electron chi connectivity index (χ4n) is 1.38. The third-order valence-electron chi connectivity index (χ3n) is 2.30. The van der Waals surface area contributed by atoms with Crippen LogP contribution in [-0.2, 0) is 16.0 Å². The molecule has 0 spiro atoms. The smallest absolute Gasteiger partial charge is 0.232 e. The van der Waals surface area contributed by atoms with Gasteiger partial charge in [-0.3, -0.25) is 4.98 Å². The average Bonchev–Trinajstić information content (AvgIpc) is 2.43. The number of hydrogen-bond acceptors (Lipinski definition) is 6. The maximum absolute atomic E-state index is 5.47. The van der Waals surface area contributed by atoms with Crippen LogP contribution in [0.5, 0.6) is 5.88 Å². The maximum atomic E-state index is 5.47.